The summed E-state index contributed by atoms with van der Waals surface area (Å²) in [5.74, 6) is 0.157. The number of hydrogen-bond acceptors (Lipinski definition) is 5. The Labute approximate surface area is 113 Å². The third-order valence-electron chi connectivity index (χ3n) is 2.48. The fourth-order valence-corrected chi connectivity index (χ4v) is 2.15. The molecule has 0 saturated heterocycles. The summed E-state index contributed by atoms with van der Waals surface area (Å²) in [7, 11) is 0. The predicted molar refractivity (Wildman–Crippen MR) is 75.2 cm³/mol. The maximum atomic E-state index is 9.70. The summed E-state index contributed by atoms with van der Waals surface area (Å²) in [4.78, 5) is 8.43. The van der Waals surface area contributed by atoms with E-state index in [2.05, 4.69) is 9.98 Å². The molecule has 2 heterocycles. The summed E-state index contributed by atoms with van der Waals surface area (Å²) in [5, 5.41) is 12.5. The smallest absolute Gasteiger partial charge is 0.312 e. The van der Waals surface area contributed by atoms with Gasteiger partial charge in [-0.05, 0) is 29.6 Å². The van der Waals surface area contributed by atoms with Crippen LogP contribution >= 0.6 is 11.3 Å². The number of aromatic nitrogens is 1. The maximum Gasteiger partial charge on any atom is 0.312 e. The lowest BCUT2D eigenvalue weighted by molar-refractivity contribution is 0.337. The number of oxazole rings is 1. The SMILES string of the molecule is Oc1oc(-c2ccccc2)nc1/C=N/c1cccs1. The fraction of sp³-hybridized carbons (Fsp3) is 0. The molecule has 0 aliphatic carbocycles. The van der Waals surface area contributed by atoms with Crippen LogP contribution in [0.15, 0.2) is 57.3 Å². The van der Waals surface area contributed by atoms with Crippen molar-refractivity contribution in [2.75, 3.05) is 0 Å². The summed E-state index contributed by atoms with van der Waals surface area (Å²) in [6.45, 7) is 0. The molecule has 1 aromatic carbocycles. The van der Waals surface area contributed by atoms with Crippen molar-refractivity contribution in [3.63, 3.8) is 0 Å². The minimum absolute atomic E-state index is 0.223. The average molecular weight is 270 g/mol. The summed E-state index contributed by atoms with van der Waals surface area (Å²) >= 11 is 1.51. The molecule has 0 aliphatic heterocycles. The zero-order valence-corrected chi connectivity index (χ0v) is 10.7. The van der Waals surface area contributed by atoms with Crippen LogP contribution in [0.3, 0.4) is 0 Å². The van der Waals surface area contributed by atoms with Gasteiger partial charge < -0.3 is 9.52 Å². The van der Waals surface area contributed by atoms with Gasteiger partial charge in [0.2, 0.25) is 5.89 Å². The molecule has 0 unspecified atom stereocenters. The molecule has 0 saturated carbocycles. The van der Waals surface area contributed by atoms with Gasteiger partial charge in [-0.1, -0.05) is 18.2 Å². The van der Waals surface area contributed by atoms with Crippen molar-refractivity contribution in [1.82, 2.24) is 4.98 Å². The highest BCUT2D eigenvalue weighted by atomic mass is 32.1. The van der Waals surface area contributed by atoms with Crippen LogP contribution in [0.5, 0.6) is 5.95 Å². The molecule has 2 aromatic heterocycles. The second-order valence-electron chi connectivity index (χ2n) is 3.78. The van der Waals surface area contributed by atoms with Gasteiger partial charge in [0.1, 0.15) is 5.00 Å². The van der Waals surface area contributed by atoms with Crippen molar-refractivity contribution in [2.45, 2.75) is 0 Å². The summed E-state index contributed by atoms with van der Waals surface area (Å²) in [6, 6.07) is 13.2. The maximum absolute atomic E-state index is 9.70. The number of aliphatic imine (C=N–C) groups is 1. The fourth-order valence-electron chi connectivity index (χ4n) is 1.58. The second kappa shape index (κ2) is 5.07. The Hall–Kier alpha value is -2.40. The van der Waals surface area contributed by atoms with Crippen molar-refractivity contribution in [3.8, 4) is 17.4 Å². The summed E-state index contributed by atoms with van der Waals surface area (Å²) < 4.78 is 5.23. The number of thiophene rings is 1. The first-order valence-corrected chi connectivity index (χ1v) is 6.54. The number of nitrogens with zero attached hydrogens (tertiary/aromatic N) is 2. The van der Waals surface area contributed by atoms with Crippen LogP contribution in [0, 0.1) is 0 Å². The Bertz CT molecular complexity index is 688. The minimum Gasteiger partial charge on any atom is -0.479 e. The lowest BCUT2D eigenvalue weighted by Crippen LogP contribution is -1.81. The first-order chi connectivity index (χ1) is 9.33. The Kier molecular flexibility index (Phi) is 3.12. The van der Waals surface area contributed by atoms with E-state index in [1.165, 1.54) is 17.6 Å². The highest BCUT2D eigenvalue weighted by Crippen LogP contribution is 2.26. The van der Waals surface area contributed by atoms with E-state index in [0.29, 0.717) is 11.6 Å². The van der Waals surface area contributed by atoms with Crippen molar-refractivity contribution in [3.05, 3.63) is 53.5 Å². The lowest BCUT2D eigenvalue weighted by Gasteiger charge is -1.91. The van der Waals surface area contributed by atoms with Gasteiger partial charge in [-0.2, -0.15) is 0 Å². The van der Waals surface area contributed by atoms with E-state index in [1.807, 2.05) is 47.8 Å². The molecule has 3 aromatic rings. The molecular weight excluding hydrogens is 260 g/mol. The number of benzene rings is 1. The van der Waals surface area contributed by atoms with Gasteiger partial charge in [0.15, 0.2) is 5.69 Å². The van der Waals surface area contributed by atoms with E-state index < -0.39 is 0 Å². The Morgan fingerprint density at radius 2 is 2.00 bits per heavy atom. The normalized spacial score (nSPS) is 11.2. The van der Waals surface area contributed by atoms with Crippen LogP contribution in [0.1, 0.15) is 5.69 Å². The molecule has 94 valence electrons. The van der Waals surface area contributed by atoms with Gasteiger partial charge in [0, 0.05) is 5.56 Å². The van der Waals surface area contributed by atoms with Gasteiger partial charge >= 0.3 is 5.95 Å². The largest absolute Gasteiger partial charge is 0.479 e. The molecule has 0 bridgehead atoms. The molecule has 0 spiro atoms. The van der Waals surface area contributed by atoms with Gasteiger partial charge in [-0.3, -0.25) is 0 Å². The lowest BCUT2D eigenvalue weighted by atomic mass is 10.2. The van der Waals surface area contributed by atoms with Crippen LogP contribution in [0.25, 0.3) is 11.5 Å². The van der Waals surface area contributed by atoms with E-state index in [0.717, 1.165) is 10.6 Å². The van der Waals surface area contributed by atoms with Crippen molar-refractivity contribution >= 4 is 22.6 Å². The highest BCUT2D eigenvalue weighted by molar-refractivity contribution is 7.13. The molecule has 5 heteroatoms. The molecule has 4 nitrogen and oxygen atoms in total. The number of aromatic hydroxyl groups is 1. The Morgan fingerprint density at radius 3 is 2.74 bits per heavy atom. The van der Waals surface area contributed by atoms with E-state index in [1.54, 1.807) is 0 Å². The summed E-state index contributed by atoms with van der Waals surface area (Å²) in [6.07, 6.45) is 1.50. The molecule has 0 amide bonds. The van der Waals surface area contributed by atoms with E-state index in [9.17, 15) is 5.11 Å². The van der Waals surface area contributed by atoms with Gasteiger partial charge in [-0.15, -0.1) is 11.3 Å². The van der Waals surface area contributed by atoms with Gasteiger partial charge in [-0.25, -0.2) is 9.98 Å². The average Bonchev–Trinajstić information content (AvgIpc) is 3.07. The zero-order chi connectivity index (χ0) is 13.1. The van der Waals surface area contributed by atoms with Gasteiger partial charge in [0.25, 0.3) is 0 Å². The first kappa shape index (κ1) is 11.7. The number of rotatable bonds is 3. The van der Waals surface area contributed by atoms with Crippen molar-refractivity contribution < 1.29 is 9.52 Å². The molecule has 0 atom stereocenters. The molecular formula is C14H10N2O2S. The van der Waals surface area contributed by atoms with Crippen LogP contribution in [-0.4, -0.2) is 16.3 Å². The molecule has 3 rings (SSSR count). The van der Waals surface area contributed by atoms with Crippen LogP contribution in [-0.2, 0) is 0 Å². The molecule has 0 aliphatic rings. The standard InChI is InChI=1S/C14H10N2O2S/c17-14-11(9-15-12-7-4-8-19-12)16-13(18-14)10-5-2-1-3-6-10/h1-9,17H/b15-9+. The van der Waals surface area contributed by atoms with Crippen LogP contribution < -0.4 is 0 Å². The minimum atomic E-state index is -0.223. The van der Waals surface area contributed by atoms with Crippen molar-refractivity contribution in [2.24, 2.45) is 4.99 Å². The predicted octanol–water partition coefficient (Wildman–Crippen LogP) is 3.86. The zero-order valence-electron chi connectivity index (χ0n) is 9.85. The Morgan fingerprint density at radius 1 is 1.16 bits per heavy atom. The summed E-state index contributed by atoms with van der Waals surface area (Å²) in [5.41, 5.74) is 1.14. The number of hydrogen-bond donors (Lipinski definition) is 1. The van der Waals surface area contributed by atoms with Crippen LogP contribution in [0.4, 0.5) is 5.00 Å². The third-order valence-corrected chi connectivity index (χ3v) is 3.25. The third kappa shape index (κ3) is 2.56. The quantitative estimate of drug-likeness (QED) is 0.735. The highest BCUT2D eigenvalue weighted by Gasteiger charge is 2.11. The molecule has 0 fully saturated rings. The topological polar surface area (TPSA) is 58.6 Å². The molecule has 1 N–H and O–H groups in total. The molecule has 19 heavy (non-hydrogen) atoms. The monoisotopic (exact) mass is 270 g/mol. The van der Waals surface area contributed by atoms with E-state index >= 15 is 0 Å². The van der Waals surface area contributed by atoms with E-state index in [4.69, 9.17) is 4.42 Å². The van der Waals surface area contributed by atoms with Gasteiger partial charge in [0.05, 0.1) is 6.21 Å². The first-order valence-electron chi connectivity index (χ1n) is 5.66. The second-order valence-corrected chi connectivity index (χ2v) is 4.71. The van der Waals surface area contributed by atoms with E-state index in [-0.39, 0.29) is 5.95 Å². The molecule has 0 radical (unpaired) electrons. The van der Waals surface area contributed by atoms with Crippen molar-refractivity contribution in [1.29, 1.82) is 0 Å². The van der Waals surface area contributed by atoms with Crippen LogP contribution in [0.2, 0.25) is 0 Å². The Balaban J connectivity index is 1.90.